The van der Waals surface area contributed by atoms with E-state index in [1.165, 1.54) is 10.6 Å². The summed E-state index contributed by atoms with van der Waals surface area (Å²) in [6.45, 7) is 0.994. The molecular weight excluding hydrogens is 456 g/mol. The van der Waals surface area contributed by atoms with Crippen LogP contribution in [0.2, 0.25) is 0 Å². The van der Waals surface area contributed by atoms with Gasteiger partial charge in [0, 0.05) is 36.2 Å². The highest BCUT2D eigenvalue weighted by Gasteiger charge is 2.30. The van der Waals surface area contributed by atoms with E-state index < -0.39 is 17.5 Å². The second kappa shape index (κ2) is 8.61. The fourth-order valence-corrected chi connectivity index (χ4v) is 4.34. The molecule has 0 saturated carbocycles. The fourth-order valence-electron chi connectivity index (χ4n) is 4.34. The maximum absolute atomic E-state index is 13.9. The number of benzene rings is 2. The fraction of sp³-hybridized carbons (Fsp3) is 0.160. The number of ether oxygens (including phenoxy) is 1. The smallest absolute Gasteiger partial charge is 0.298 e. The summed E-state index contributed by atoms with van der Waals surface area (Å²) in [4.78, 5) is 29.0. The molecule has 0 bridgehead atoms. The van der Waals surface area contributed by atoms with E-state index >= 15 is 0 Å². The number of imidazole rings is 1. The summed E-state index contributed by atoms with van der Waals surface area (Å²) in [7, 11) is 0. The van der Waals surface area contributed by atoms with E-state index in [-0.39, 0.29) is 23.3 Å². The molecule has 1 aliphatic rings. The second-order valence-electron chi connectivity index (χ2n) is 8.16. The Morgan fingerprint density at radius 3 is 2.66 bits per heavy atom. The van der Waals surface area contributed by atoms with E-state index in [2.05, 4.69) is 16.0 Å². The van der Waals surface area contributed by atoms with Gasteiger partial charge in [0.05, 0.1) is 11.9 Å². The van der Waals surface area contributed by atoms with Gasteiger partial charge >= 0.3 is 0 Å². The summed E-state index contributed by atoms with van der Waals surface area (Å²) in [6.07, 6.45) is 7.60. The number of halogens is 2. The molecule has 35 heavy (non-hydrogen) atoms. The van der Waals surface area contributed by atoms with Gasteiger partial charge in [0.15, 0.2) is 17.3 Å². The summed E-state index contributed by atoms with van der Waals surface area (Å²) in [5.74, 6) is -0.219. The molecule has 2 amide bonds. The molecule has 0 spiro atoms. The van der Waals surface area contributed by atoms with E-state index in [0.717, 1.165) is 17.7 Å². The normalized spacial score (nSPS) is 15.3. The van der Waals surface area contributed by atoms with Crippen LogP contribution < -0.4 is 10.5 Å². The number of hydrogen-bond donors (Lipinski definition) is 2. The van der Waals surface area contributed by atoms with Gasteiger partial charge in [0.2, 0.25) is 0 Å². The molecule has 3 heterocycles. The third-order valence-electron chi connectivity index (χ3n) is 6.03. The van der Waals surface area contributed by atoms with Crippen LogP contribution in [0.5, 0.6) is 11.5 Å². The molecule has 4 aromatic rings. The van der Waals surface area contributed by atoms with E-state index in [4.69, 9.17) is 16.9 Å². The number of primary amides is 1. The van der Waals surface area contributed by atoms with Crippen LogP contribution in [0.1, 0.15) is 28.4 Å². The zero-order valence-electron chi connectivity index (χ0n) is 18.3. The molecule has 1 fully saturated rings. The van der Waals surface area contributed by atoms with Gasteiger partial charge in [-0.05, 0) is 48.7 Å². The Bertz CT molecular complexity index is 1500. The SMILES string of the molecule is C#CC(=O)N1CCC(c2cnn3c(C(N)=O)c(-c4ccc(Oc5ccc(F)cc5F)cc4)[nH]c23)C1. The molecule has 1 atom stereocenters. The largest absolute Gasteiger partial charge is 0.454 e. The molecule has 2 aromatic heterocycles. The molecule has 1 saturated heterocycles. The zero-order chi connectivity index (χ0) is 24.7. The van der Waals surface area contributed by atoms with E-state index in [1.807, 2.05) is 0 Å². The molecule has 1 unspecified atom stereocenters. The predicted molar refractivity (Wildman–Crippen MR) is 123 cm³/mol. The van der Waals surface area contributed by atoms with Crippen molar-refractivity contribution in [2.24, 2.45) is 5.73 Å². The number of nitrogens with two attached hydrogens (primary N) is 1. The molecule has 5 rings (SSSR count). The molecule has 3 N–H and O–H groups in total. The number of carbonyl (C=O) groups excluding carboxylic acids is 2. The Morgan fingerprint density at radius 1 is 1.20 bits per heavy atom. The summed E-state index contributed by atoms with van der Waals surface area (Å²) in [5, 5.41) is 4.35. The minimum Gasteiger partial charge on any atom is -0.454 e. The maximum Gasteiger partial charge on any atom is 0.298 e. The highest BCUT2D eigenvalue weighted by atomic mass is 19.1. The highest BCUT2D eigenvalue weighted by Crippen LogP contribution is 2.34. The third kappa shape index (κ3) is 3.97. The average Bonchev–Trinajstić information content (AvgIpc) is 3.56. The number of carbonyl (C=O) groups is 2. The van der Waals surface area contributed by atoms with Crippen molar-refractivity contribution in [1.29, 1.82) is 0 Å². The summed E-state index contributed by atoms with van der Waals surface area (Å²) in [6, 6.07) is 9.58. The van der Waals surface area contributed by atoms with Crippen LogP contribution >= 0.6 is 0 Å². The van der Waals surface area contributed by atoms with Crippen LogP contribution in [0.4, 0.5) is 8.78 Å². The van der Waals surface area contributed by atoms with E-state index in [1.54, 1.807) is 35.4 Å². The predicted octanol–water partition coefficient (Wildman–Crippen LogP) is 3.45. The minimum absolute atomic E-state index is 0.00147. The van der Waals surface area contributed by atoms with E-state index in [0.29, 0.717) is 42.2 Å². The van der Waals surface area contributed by atoms with Crippen LogP contribution in [0.25, 0.3) is 16.9 Å². The molecule has 176 valence electrons. The first kappa shape index (κ1) is 22.2. The van der Waals surface area contributed by atoms with Crippen LogP contribution in [0.3, 0.4) is 0 Å². The number of nitrogens with one attached hydrogen (secondary N) is 1. The lowest BCUT2D eigenvalue weighted by molar-refractivity contribution is -0.124. The Kier molecular flexibility index (Phi) is 5.45. The van der Waals surface area contributed by atoms with Gasteiger partial charge in [-0.25, -0.2) is 13.3 Å². The monoisotopic (exact) mass is 475 g/mol. The number of fused-ring (bicyclic) bond motifs is 1. The summed E-state index contributed by atoms with van der Waals surface area (Å²) in [5.41, 5.74) is 8.36. The Morgan fingerprint density at radius 2 is 1.97 bits per heavy atom. The molecule has 10 heteroatoms. The molecular formula is C25H19F2N5O3. The topological polar surface area (TPSA) is 106 Å². The van der Waals surface area contributed by atoms with Crippen LogP contribution in [-0.4, -0.2) is 44.4 Å². The summed E-state index contributed by atoms with van der Waals surface area (Å²) < 4.78 is 34.0. The highest BCUT2D eigenvalue weighted by molar-refractivity contribution is 5.98. The number of aromatic amines is 1. The number of likely N-dealkylation sites (tertiary alicyclic amines) is 1. The lowest BCUT2D eigenvalue weighted by Gasteiger charge is -2.12. The van der Waals surface area contributed by atoms with Crippen molar-refractivity contribution in [2.75, 3.05) is 13.1 Å². The van der Waals surface area contributed by atoms with Gasteiger partial charge in [0.25, 0.3) is 11.8 Å². The van der Waals surface area contributed by atoms with Crippen molar-refractivity contribution in [3.63, 3.8) is 0 Å². The van der Waals surface area contributed by atoms with Gasteiger partial charge in [0.1, 0.15) is 17.2 Å². The molecule has 2 aromatic carbocycles. The van der Waals surface area contributed by atoms with E-state index in [9.17, 15) is 18.4 Å². The van der Waals surface area contributed by atoms with Crippen molar-refractivity contribution in [1.82, 2.24) is 19.5 Å². The van der Waals surface area contributed by atoms with Crippen LogP contribution in [-0.2, 0) is 4.79 Å². The molecule has 0 radical (unpaired) electrons. The maximum atomic E-state index is 13.9. The lowest BCUT2D eigenvalue weighted by atomic mass is 10.0. The van der Waals surface area contributed by atoms with Gasteiger partial charge in [-0.15, -0.1) is 6.42 Å². The Labute approximate surface area is 198 Å². The third-order valence-corrected chi connectivity index (χ3v) is 6.03. The quantitative estimate of drug-likeness (QED) is 0.431. The standard InChI is InChI=1S/C25H19F2N5O3/c1-2-21(33)31-10-9-15(13-31)18-12-29-32-23(24(28)34)22(30-25(18)32)14-3-6-17(7-4-14)35-20-8-5-16(26)11-19(20)27/h1,3-8,11-12,15,30H,9-10,13H2,(H2,28,34). The Hall–Kier alpha value is -4.65. The number of aromatic nitrogens is 3. The average molecular weight is 475 g/mol. The first-order valence-corrected chi connectivity index (χ1v) is 10.7. The first-order chi connectivity index (χ1) is 16.9. The number of rotatable bonds is 5. The van der Waals surface area contributed by atoms with Crippen molar-refractivity contribution in [3.05, 3.63) is 71.6 Å². The minimum atomic E-state index is -0.822. The number of hydrogen-bond acceptors (Lipinski definition) is 4. The van der Waals surface area contributed by atoms with Crippen molar-refractivity contribution >= 4 is 17.5 Å². The first-order valence-electron chi connectivity index (χ1n) is 10.7. The van der Waals surface area contributed by atoms with Crippen molar-refractivity contribution in [3.8, 4) is 35.1 Å². The number of amides is 2. The number of H-pyrrole nitrogens is 1. The van der Waals surface area contributed by atoms with Gasteiger partial charge in [-0.3, -0.25) is 9.59 Å². The summed E-state index contributed by atoms with van der Waals surface area (Å²) >= 11 is 0. The molecule has 0 aliphatic carbocycles. The Balaban J connectivity index is 1.46. The van der Waals surface area contributed by atoms with Gasteiger partial charge in [-0.2, -0.15) is 5.10 Å². The van der Waals surface area contributed by atoms with Crippen LogP contribution in [0, 0.1) is 24.0 Å². The van der Waals surface area contributed by atoms with Gasteiger partial charge in [-0.1, -0.05) is 0 Å². The number of nitrogens with zero attached hydrogens (tertiary/aromatic N) is 3. The van der Waals surface area contributed by atoms with Gasteiger partial charge < -0.3 is 20.4 Å². The van der Waals surface area contributed by atoms with Crippen molar-refractivity contribution < 1.29 is 23.1 Å². The lowest BCUT2D eigenvalue weighted by Crippen LogP contribution is -2.26. The van der Waals surface area contributed by atoms with Crippen LogP contribution in [0.15, 0.2) is 48.7 Å². The van der Waals surface area contributed by atoms with Crippen molar-refractivity contribution in [2.45, 2.75) is 12.3 Å². The zero-order valence-corrected chi connectivity index (χ0v) is 18.3. The molecule has 1 aliphatic heterocycles. The number of terminal acetylenes is 1. The second-order valence-corrected chi connectivity index (χ2v) is 8.16. The molecule has 8 nitrogen and oxygen atoms in total.